The molecular weight excluding hydrogens is 189 g/mol. The maximum Gasteiger partial charge on any atom is 0.416 e. The SMILES string of the molecule is C=C1CC1c1ccc(C(F)(F)F)cc1. The number of hydrogen-bond acceptors (Lipinski definition) is 0. The molecule has 0 aliphatic heterocycles. The highest BCUT2D eigenvalue weighted by atomic mass is 19.4. The number of rotatable bonds is 1. The minimum atomic E-state index is -4.24. The summed E-state index contributed by atoms with van der Waals surface area (Å²) >= 11 is 0. The van der Waals surface area contributed by atoms with Crippen LogP contribution in [-0.4, -0.2) is 0 Å². The molecule has 0 bridgehead atoms. The van der Waals surface area contributed by atoms with Crippen molar-refractivity contribution >= 4 is 0 Å². The molecule has 1 aromatic rings. The average Bonchev–Trinajstić information content (AvgIpc) is 2.81. The first-order chi connectivity index (χ1) is 6.48. The van der Waals surface area contributed by atoms with Gasteiger partial charge in [-0.25, -0.2) is 0 Å². The third kappa shape index (κ3) is 1.67. The number of benzene rings is 1. The Bertz CT molecular complexity index is 359. The van der Waals surface area contributed by atoms with E-state index < -0.39 is 11.7 Å². The van der Waals surface area contributed by atoms with Gasteiger partial charge in [0, 0.05) is 5.92 Å². The Morgan fingerprint density at radius 1 is 1.14 bits per heavy atom. The number of alkyl halides is 3. The van der Waals surface area contributed by atoms with Crippen LogP contribution in [0.5, 0.6) is 0 Å². The molecule has 0 heterocycles. The summed E-state index contributed by atoms with van der Waals surface area (Å²) in [6, 6.07) is 5.32. The van der Waals surface area contributed by atoms with E-state index in [-0.39, 0.29) is 5.92 Å². The largest absolute Gasteiger partial charge is 0.416 e. The molecule has 0 nitrogen and oxygen atoms in total. The van der Waals surface area contributed by atoms with Crippen molar-refractivity contribution in [3.63, 3.8) is 0 Å². The molecule has 0 saturated heterocycles. The zero-order valence-corrected chi connectivity index (χ0v) is 7.43. The first kappa shape index (κ1) is 9.31. The van der Waals surface area contributed by atoms with Gasteiger partial charge in [0.25, 0.3) is 0 Å². The Hall–Kier alpha value is -1.25. The van der Waals surface area contributed by atoms with Gasteiger partial charge in [0.05, 0.1) is 5.56 Å². The third-order valence-corrected chi connectivity index (χ3v) is 2.44. The van der Waals surface area contributed by atoms with Gasteiger partial charge in [-0.15, -0.1) is 0 Å². The van der Waals surface area contributed by atoms with Crippen molar-refractivity contribution in [3.05, 3.63) is 47.5 Å². The normalized spacial score (nSPS) is 21.1. The van der Waals surface area contributed by atoms with E-state index in [9.17, 15) is 13.2 Å². The second-order valence-corrected chi connectivity index (χ2v) is 3.53. The lowest BCUT2D eigenvalue weighted by atomic mass is 10.1. The Morgan fingerprint density at radius 2 is 1.64 bits per heavy atom. The molecule has 1 aliphatic rings. The second-order valence-electron chi connectivity index (χ2n) is 3.53. The fraction of sp³-hybridized carbons (Fsp3) is 0.273. The van der Waals surface area contributed by atoms with E-state index in [1.807, 2.05) is 0 Å². The van der Waals surface area contributed by atoms with E-state index in [1.165, 1.54) is 12.1 Å². The zero-order valence-electron chi connectivity index (χ0n) is 7.43. The molecular formula is C11H9F3. The molecule has 1 atom stereocenters. The maximum atomic E-state index is 12.2. The van der Waals surface area contributed by atoms with Crippen LogP contribution in [-0.2, 0) is 6.18 Å². The van der Waals surface area contributed by atoms with Crippen molar-refractivity contribution < 1.29 is 13.2 Å². The van der Waals surface area contributed by atoms with Gasteiger partial charge in [-0.3, -0.25) is 0 Å². The molecule has 74 valence electrons. The monoisotopic (exact) mass is 198 g/mol. The molecule has 0 spiro atoms. The van der Waals surface area contributed by atoms with Crippen molar-refractivity contribution in [2.45, 2.75) is 18.5 Å². The predicted molar refractivity (Wildman–Crippen MR) is 47.9 cm³/mol. The summed E-state index contributed by atoms with van der Waals surface area (Å²) in [5.74, 6) is 0.289. The highest BCUT2D eigenvalue weighted by molar-refractivity contribution is 5.40. The molecule has 0 aromatic heterocycles. The summed E-state index contributed by atoms with van der Waals surface area (Å²) in [5.41, 5.74) is 1.44. The smallest absolute Gasteiger partial charge is 0.166 e. The Balaban J connectivity index is 2.22. The van der Waals surface area contributed by atoms with Crippen LogP contribution in [0.15, 0.2) is 36.4 Å². The van der Waals surface area contributed by atoms with Crippen LogP contribution in [0.2, 0.25) is 0 Å². The van der Waals surface area contributed by atoms with E-state index in [2.05, 4.69) is 6.58 Å². The summed E-state index contributed by atoms with van der Waals surface area (Å²) in [5, 5.41) is 0. The Morgan fingerprint density at radius 3 is 2.00 bits per heavy atom. The summed E-state index contributed by atoms with van der Waals surface area (Å²) in [4.78, 5) is 0. The summed E-state index contributed by atoms with van der Waals surface area (Å²) in [6.45, 7) is 3.77. The molecule has 0 amide bonds. The first-order valence-electron chi connectivity index (χ1n) is 4.33. The number of allylic oxidation sites excluding steroid dienone is 1. The lowest BCUT2D eigenvalue weighted by molar-refractivity contribution is -0.137. The highest BCUT2D eigenvalue weighted by Gasteiger charge is 2.32. The summed E-state index contributed by atoms with van der Waals surface area (Å²) < 4.78 is 36.6. The fourth-order valence-electron chi connectivity index (χ4n) is 1.46. The average molecular weight is 198 g/mol. The van der Waals surface area contributed by atoms with Gasteiger partial charge in [0.15, 0.2) is 0 Å². The van der Waals surface area contributed by atoms with Gasteiger partial charge in [0.2, 0.25) is 0 Å². The van der Waals surface area contributed by atoms with Gasteiger partial charge < -0.3 is 0 Å². The van der Waals surface area contributed by atoms with Crippen LogP contribution in [0.3, 0.4) is 0 Å². The Labute approximate surface area is 80.1 Å². The standard InChI is InChI=1S/C11H9F3/c1-7-6-10(7)8-2-4-9(5-3-8)11(12,13)14/h2-5,10H,1,6H2. The van der Waals surface area contributed by atoms with Crippen LogP contribution in [0.4, 0.5) is 13.2 Å². The van der Waals surface area contributed by atoms with Crippen molar-refractivity contribution in [2.75, 3.05) is 0 Å². The number of hydrogen-bond donors (Lipinski definition) is 0. The highest BCUT2D eigenvalue weighted by Crippen LogP contribution is 2.45. The Kier molecular flexibility index (Phi) is 1.91. The second kappa shape index (κ2) is 2.87. The minimum Gasteiger partial charge on any atom is -0.166 e. The molecule has 1 aromatic carbocycles. The lowest BCUT2D eigenvalue weighted by Gasteiger charge is -2.06. The molecule has 0 N–H and O–H groups in total. The van der Waals surface area contributed by atoms with Gasteiger partial charge in [-0.05, 0) is 24.1 Å². The van der Waals surface area contributed by atoms with Crippen LogP contribution in [0.25, 0.3) is 0 Å². The molecule has 1 aliphatic carbocycles. The van der Waals surface area contributed by atoms with Gasteiger partial charge in [-0.1, -0.05) is 24.3 Å². The van der Waals surface area contributed by atoms with Crippen molar-refractivity contribution in [1.82, 2.24) is 0 Å². The minimum absolute atomic E-state index is 0.289. The molecule has 14 heavy (non-hydrogen) atoms. The van der Waals surface area contributed by atoms with Crippen molar-refractivity contribution in [3.8, 4) is 0 Å². The van der Waals surface area contributed by atoms with Gasteiger partial charge in [-0.2, -0.15) is 13.2 Å². The van der Waals surface area contributed by atoms with Crippen LogP contribution in [0.1, 0.15) is 23.5 Å². The molecule has 1 unspecified atom stereocenters. The van der Waals surface area contributed by atoms with E-state index in [4.69, 9.17) is 0 Å². The summed E-state index contributed by atoms with van der Waals surface area (Å²) in [6.07, 6.45) is -3.33. The predicted octanol–water partition coefficient (Wildman–Crippen LogP) is 3.75. The topological polar surface area (TPSA) is 0 Å². The van der Waals surface area contributed by atoms with Crippen molar-refractivity contribution in [2.24, 2.45) is 0 Å². The van der Waals surface area contributed by atoms with E-state index in [1.54, 1.807) is 0 Å². The lowest BCUT2D eigenvalue weighted by Crippen LogP contribution is -2.04. The maximum absolute atomic E-state index is 12.2. The fourth-order valence-corrected chi connectivity index (χ4v) is 1.46. The molecule has 2 rings (SSSR count). The quantitative estimate of drug-likeness (QED) is 0.603. The molecule has 0 radical (unpaired) electrons. The molecule has 3 heteroatoms. The van der Waals surface area contributed by atoms with E-state index in [0.717, 1.165) is 29.7 Å². The third-order valence-electron chi connectivity index (χ3n) is 2.44. The van der Waals surface area contributed by atoms with Crippen LogP contribution >= 0.6 is 0 Å². The molecule has 1 fully saturated rings. The zero-order chi connectivity index (χ0) is 10.3. The molecule has 1 saturated carbocycles. The van der Waals surface area contributed by atoms with Crippen molar-refractivity contribution in [1.29, 1.82) is 0 Å². The summed E-state index contributed by atoms with van der Waals surface area (Å²) in [7, 11) is 0. The number of halogens is 3. The van der Waals surface area contributed by atoms with Gasteiger partial charge >= 0.3 is 6.18 Å². The van der Waals surface area contributed by atoms with Crippen LogP contribution < -0.4 is 0 Å². The van der Waals surface area contributed by atoms with Crippen LogP contribution in [0, 0.1) is 0 Å². The first-order valence-corrected chi connectivity index (χ1v) is 4.33. The van der Waals surface area contributed by atoms with E-state index >= 15 is 0 Å². The van der Waals surface area contributed by atoms with Gasteiger partial charge in [0.1, 0.15) is 0 Å². The van der Waals surface area contributed by atoms with E-state index in [0.29, 0.717) is 0 Å².